The molecule has 0 aliphatic rings. The number of carbonyl (C=O) groups excluding carboxylic acids is 1. The van der Waals surface area contributed by atoms with Gasteiger partial charge in [-0.1, -0.05) is 6.07 Å². The van der Waals surface area contributed by atoms with Crippen molar-refractivity contribution < 1.29 is 4.79 Å². The zero-order chi connectivity index (χ0) is 8.10. The molecular formula is C8H12ClNOS. The molecule has 0 spiro atoms. The van der Waals surface area contributed by atoms with E-state index in [1.165, 1.54) is 11.3 Å². The van der Waals surface area contributed by atoms with Gasteiger partial charge in [-0.25, -0.2) is 0 Å². The quantitative estimate of drug-likeness (QED) is 0.762. The second-order valence-electron chi connectivity index (χ2n) is 2.25. The molecule has 1 heterocycles. The number of hydrogen-bond acceptors (Lipinski definition) is 3. The van der Waals surface area contributed by atoms with Crippen molar-refractivity contribution in [3.05, 3.63) is 22.4 Å². The lowest BCUT2D eigenvalue weighted by Gasteiger charge is -1.95. The SMILES string of the molecule is CNCCC(=O)c1cccs1.Cl. The minimum atomic E-state index is 0. The first-order chi connectivity index (χ1) is 5.34. The van der Waals surface area contributed by atoms with Crippen LogP contribution in [-0.4, -0.2) is 19.4 Å². The van der Waals surface area contributed by atoms with Crippen molar-refractivity contribution >= 4 is 29.5 Å². The zero-order valence-electron chi connectivity index (χ0n) is 6.87. The number of rotatable bonds is 4. The van der Waals surface area contributed by atoms with Crippen molar-refractivity contribution in [3.8, 4) is 0 Å². The van der Waals surface area contributed by atoms with E-state index in [0.29, 0.717) is 6.42 Å². The molecule has 12 heavy (non-hydrogen) atoms. The predicted octanol–water partition coefficient (Wildman–Crippen LogP) is 1.96. The normalized spacial score (nSPS) is 9.08. The second kappa shape index (κ2) is 6.17. The number of thiophene rings is 1. The molecule has 1 aromatic rings. The maximum absolute atomic E-state index is 11.2. The van der Waals surface area contributed by atoms with Crippen molar-refractivity contribution in [2.45, 2.75) is 6.42 Å². The number of hydrogen-bond donors (Lipinski definition) is 1. The van der Waals surface area contributed by atoms with Crippen molar-refractivity contribution in [1.29, 1.82) is 0 Å². The Morgan fingerprint density at radius 2 is 2.42 bits per heavy atom. The lowest BCUT2D eigenvalue weighted by atomic mass is 10.2. The van der Waals surface area contributed by atoms with Crippen LogP contribution in [0.1, 0.15) is 16.1 Å². The summed E-state index contributed by atoms with van der Waals surface area (Å²) in [5.74, 6) is 0.231. The maximum Gasteiger partial charge on any atom is 0.174 e. The van der Waals surface area contributed by atoms with Gasteiger partial charge in [0.15, 0.2) is 5.78 Å². The Labute approximate surface area is 82.4 Å². The summed E-state index contributed by atoms with van der Waals surface area (Å²) < 4.78 is 0. The van der Waals surface area contributed by atoms with E-state index in [9.17, 15) is 4.79 Å². The molecule has 1 rings (SSSR count). The van der Waals surface area contributed by atoms with Gasteiger partial charge in [0.2, 0.25) is 0 Å². The van der Waals surface area contributed by atoms with Gasteiger partial charge < -0.3 is 5.32 Å². The Hall–Kier alpha value is -0.380. The van der Waals surface area contributed by atoms with Gasteiger partial charge in [-0.2, -0.15) is 0 Å². The molecular weight excluding hydrogens is 194 g/mol. The highest BCUT2D eigenvalue weighted by atomic mass is 35.5. The van der Waals surface area contributed by atoms with E-state index in [4.69, 9.17) is 0 Å². The van der Waals surface area contributed by atoms with E-state index < -0.39 is 0 Å². The number of carbonyl (C=O) groups is 1. The molecule has 0 aliphatic heterocycles. The van der Waals surface area contributed by atoms with Crippen molar-refractivity contribution in [2.24, 2.45) is 0 Å². The van der Waals surface area contributed by atoms with Crippen molar-refractivity contribution in [1.82, 2.24) is 5.32 Å². The van der Waals surface area contributed by atoms with Gasteiger partial charge in [0, 0.05) is 13.0 Å². The molecule has 1 aromatic heterocycles. The van der Waals surface area contributed by atoms with Gasteiger partial charge in [-0.05, 0) is 18.5 Å². The first-order valence-corrected chi connectivity index (χ1v) is 4.44. The molecule has 0 atom stereocenters. The van der Waals surface area contributed by atoms with Crippen molar-refractivity contribution in [2.75, 3.05) is 13.6 Å². The average Bonchev–Trinajstić information content (AvgIpc) is 2.52. The Balaban J connectivity index is 0.00000121. The highest BCUT2D eigenvalue weighted by Gasteiger charge is 2.04. The molecule has 4 heteroatoms. The lowest BCUT2D eigenvalue weighted by Crippen LogP contribution is -2.12. The van der Waals surface area contributed by atoms with Crippen LogP contribution in [0.15, 0.2) is 17.5 Å². The van der Waals surface area contributed by atoms with Crippen LogP contribution < -0.4 is 5.32 Å². The molecule has 0 unspecified atom stereocenters. The Bertz CT molecular complexity index is 223. The van der Waals surface area contributed by atoms with E-state index in [1.807, 2.05) is 24.6 Å². The van der Waals surface area contributed by atoms with Gasteiger partial charge >= 0.3 is 0 Å². The summed E-state index contributed by atoms with van der Waals surface area (Å²) in [6.45, 7) is 0.761. The van der Waals surface area contributed by atoms with Crippen LogP contribution >= 0.6 is 23.7 Å². The molecule has 2 nitrogen and oxygen atoms in total. The maximum atomic E-state index is 11.2. The highest BCUT2D eigenvalue weighted by Crippen LogP contribution is 2.10. The van der Waals surface area contributed by atoms with Crippen LogP contribution in [0, 0.1) is 0 Å². The third-order valence-electron chi connectivity index (χ3n) is 1.40. The summed E-state index contributed by atoms with van der Waals surface area (Å²) in [6.07, 6.45) is 0.594. The van der Waals surface area contributed by atoms with E-state index in [0.717, 1.165) is 11.4 Å². The summed E-state index contributed by atoms with van der Waals surface area (Å²) in [5.41, 5.74) is 0. The van der Waals surface area contributed by atoms with Gasteiger partial charge in [0.05, 0.1) is 4.88 Å². The van der Waals surface area contributed by atoms with Gasteiger partial charge in [-0.3, -0.25) is 4.79 Å². The molecule has 1 N–H and O–H groups in total. The number of halogens is 1. The van der Waals surface area contributed by atoms with Gasteiger partial charge in [0.1, 0.15) is 0 Å². The summed E-state index contributed by atoms with van der Waals surface area (Å²) in [6, 6.07) is 3.76. The first-order valence-electron chi connectivity index (χ1n) is 3.56. The Kier molecular flexibility index (Phi) is 5.98. The van der Waals surface area contributed by atoms with Crippen LogP contribution in [0.5, 0.6) is 0 Å². The Morgan fingerprint density at radius 3 is 2.92 bits per heavy atom. The number of Topliss-reactive ketones (excluding diaryl/α,β-unsaturated/α-hetero) is 1. The molecule has 0 amide bonds. The summed E-state index contributed by atoms with van der Waals surface area (Å²) >= 11 is 1.50. The standard InChI is InChI=1S/C8H11NOS.ClH/c1-9-5-4-7(10)8-3-2-6-11-8;/h2-3,6,9H,4-5H2,1H3;1H. The number of ketones is 1. The molecule has 0 saturated heterocycles. The fourth-order valence-corrected chi connectivity index (χ4v) is 1.49. The van der Waals surface area contributed by atoms with E-state index in [-0.39, 0.29) is 18.2 Å². The second-order valence-corrected chi connectivity index (χ2v) is 3.20. The lowest BCUT2D eigenvalue weighted by molar-refractivity contribution is 0.0987. The minimum Gasteiger partial charge on any atom is -0.319 e. The fourth-order valence-electron chi connectivity index (χ4n) is 0.799. The zero-order valence-corrected chi connectivity index (χ0v) is 8.50. The molecule has 0 aliphatic carbocycles. The van der Waals surface area contributed by atoms with Gasteiger partial charge in [-0.15, -0.1) is 23.7 Å². The average molecular weight is 206 g/mol. The van der Waals surface area contributed by atoms with Gasteiger partial charge in [0.25, 0.3) is 0 Å². The van der Waals surface area contributed by atoms with Crippen molar-refractivity contribution in [3.63, 3.8) is 0 Å². The first kappa shape index (κ1) is 11.6. The Morgan fingerprint density at radius 1 is 1.67 bits per heavy atom. The van der Waals surface area contributed by atoms with Crippen LogP contribution in [0.4, 0.5) is 0 Å². The topological polar surface area (TPSA) is 29.1 Å². The third-order valence-corrected chi connectivity index (χ3v) is 2.31. The van der Waals surface area contributed by atoms with E-state index in [1.54, 1.807) is 0 Å². The molecule has 0 bridgehead atoms. The summed E-state index contributed by atoms with van der Waals surface area (Å²) in [4.78, 5) is 12.1. The summed E-state index contributed by atoms with van der Waals surface area (Å²) in [5, 5.41) is 4.87. The van der Waals surface area contributed by atoms with Crippen LogP contribution in [0.3, 0.4) is 0 Å². The van der Waals surface area contributed by atoms with E-state index in [2.05, 4.69) is 5.32 Å². The molecule has 0 saturated carbocycles. The highest BCUT2D eigenvalue weighted by molar-refractivity contribution is 7.12. The van der Waals surface area contributed by atoms with Crippen LogP contribution in [0.2, 0.25) is 0 Å². The number of nitrogens with one attached hydrogen (secondary N) is 1. The minimum absolute atomic E-state index is 0. The molecule has 0 aromatic carbocycles. The van der Waals surface area contributed by atoms with E-state index >= 15 is 0 Å². The molecule has 68 valence electrons. The molecule has 0 radical (unpaired) electrons. The largest absolute Gasteiger partial charge is 0.319 e. The summed E-state index contributed by atoms with van der Waals surface area (Å²) in [7, 11) is 1.85. The van der Waals surface area contributed by atoms with Crippen LogP contribution in [-0.2, 0) is 0 Å². The fraction of sp³-hybridized carbons (Fsp3) is 0.375. The monoisotopic (exact) mass is 205 g/mol. The molecule has 0 fully saturated rings. The predicted molar refractivity (Wildman–Crippen MR) is 54.4 cm³/mol. The van der Waals surface area contributed by atoms with Crippen LogP contribution in [0.25, 0.3) is 0 Å². The smallest absolute Gasteiger partial charge is 0.174 e. The third kappa shape index (κ3) is 3.34.